The highest BCUT2D eigenvalue weighted by atomic mass is 16.5. The van der Waals surface area contributed by atoms with Gasteiger partial charge >= 0.3 is 0 Å². The smallest absolute Gasteiger partial charge is 0.234 e. The van der Waals surface area contributed by atoms with Crippen LogP contribution in [-0.4, -0.2) is 38.8 Å². The van der Waals surface area contributed by atoms with E-state index in [9.17, 15) is 4.79 Å². The van der Waals surface area contributed by atoms with Crippen molar-refractivity contribution in [1.82, 2.24) is 10.6 Å². The van der Waals surface area contributed by atoms with Gasteiger partial charge in [0.05, 0.1) is 13.2 Å². The molecular formula is C16H26N2O2. The van der Waals surface area contributed by atoms with E-state index in [1.165, 1.54) is 5.56 Å². The number of hydrogen-bond donors (Lipinski definition) is 2. The average Bonchev–Trinajstić information content (AvgIpc) is 2.44. The maximum absolute atomic E-state index is 11.6. The number of carbonyl (C=O) groups is 1. The summed E-state index contributed by atoms with van der Waals surface area (Å²) in [5.41, 5.74) is 1.34. The Morgan fingerprint density at radius 1 is 1.25 bits per heavy atom. The Morgan fingerprint density at radius 3 is 2.60 bits per heavy atom. The number of benzene rings is 1. The minimum absolute atomic E-state index is 0.0157. The van der Waals surface area contributed by atoms with Crippen LogP contribution in [-0.2, 0) is 9.53 Å². The van der Waals surface area contributed by atoms with Gasteiger partial charge in [-0.25, -0.2) is 0 Å². The molecule has 1 rings (SSSR count). The van der Waals surface area contributed by atoms with E-state index < -0.39 is 0 Å². The van der Waals surface area contributed by atoms with Crippen molar-refractivity contribution in [1.29, 1.82) is 0 Å². The fourth-order valence-corrected chi connectivity index (χ4v) is 2.09. The van der Waals surface area contributed by atoms with E-state index in [0.717, 1.165) is 13.0 Å². The average molecular weight is 278 g/mol. The van der Waals surface area contributed by atoms with Gasteiger partial charge in [-0.2, -0.15) is 0 Å². The standard InChI is InChI=1S/C16H26N2O2/c1-13(15-7-5-4-6-8-15)9-10-17-11-16(19)18-14(2)12-20-3/h4-8,13-14,17H,9-12H2,1-3H3,(H,18,19). The molecule has 20 heavy (non-hydrogen) atoms. The third-order valence-corrected chi connectivity index (χ3v) is 3.23. The molecular weight excluding hydrogens is 252 g/mol. The second-order valence-corrected chi connectivity index (χ2v) is 5.20. The quantitative estimate of drug-likeness (QED) is 0.679. The Morgan fingerprint density at radius 2 is 1.95 bits per heavy atom. The molecule has 0 saturated carbocycles. The van der Waals surface area contributed by atoms with Crippen LogP contribution in [0.25, 0.3) is 0 Å². The zero-order chi connectivity index (χ0) is 14.8. The normalized spacial score (nSPS) is 13.8. The van der Waals surface area contributed by atoms with Crippen molar-refractivity contribution in [2.75, 3.05) is 26.8 Å². The molecule has 0 bridgehead atoms. The zero-order valence-corrected chi connectivity index (χ0v) is 12.7. The Balaban J connectivity index is 2.14. The van der Waals surface area contributed by atoms with Crippen LogP contribution < -0.4 is 10.6 Å². The molecule has 0 aromatic heterocycles. The SMILES string of the molecule is COCC(C)NC(=O)CNCCC(C)c1ccccc1. The maximum atomic E-state index is 11.6. The van der Waals surface area contributed by atoms with Crippen molar-refractivity contribution in [3.05, 3.63) is 35.9 Å². The van der Waals surface area contributed by atoms with E-state index in [2.05, 4.69) is 41.8 Å². The summed E-state index contributed by atoms with van der Waals surface area (Å²) in [6.45, 7) is 5.87. The van der Waals surface area contributed by atoms with E-state index in [0.29, 0.717) is 19.1 Å². The highest BCUT2D eigenvalue weighted by molar-refractivity contribution is 5.78. The van der Waals surface area contributed by atoms with E-state index in [1.54, 1.807) is 7.11 Å². The molecule has 0 saturated heterocycles. The van der Waals surface area contributed by atoms with Gasteiger partial charge in [-0.1, -0.05) is 37.3 Å². The second kappa shape index (κ2) is 9.50. The van der Waals surface area contributed by atoms with Crippen LogP contribution in [0.2, 0.25) is 0 Å². The van der Waals surface area contributed by atoms with Gasteiger partial charge in [0.25, 0.3) is 0 Å². The summed E-state index contributed by atoms with van der Waals surface area (Å²) in [5, 5.41) is 6.05. The van der Waals surface area contributed by atoms with Crippen LogP contribution >= 0.6 is 0 Å². The lowest BCUT2D eigenvalue weighted by Crippen LogP contribution is -2.41. The van der Waals surface area contributed by atoms with Crippen molar-refractivity contribution in [3.63, 3.8) is 0 Å². The maximum Gasteiger partial charge on any atom is 0.234 e. The van der Waals surface area contributed by atoms with Crippen molar-refractivity contribution < 1.29 is 9.53 Å². The molecule has 0 fully saturated rings. The third kappa shape index (κ3) is 6.68. The molecule has 2 unspecified atom stereocenters. The highest BCUT2D eigenvalue weighted by Gasteiger charge is 2.07. The number of amides is 1. The van der Waals surface area contributed by atoms with Gasteiger partial charge in [0.1, 0.15) is 0 Å². The van der Waals surface area contributed by atoms with Crippen LogP contribution in [0.5, 0.6) is 0 Å². The minimum atomic E-state index is 0.0157. The Bertz CT molecular complexity index is 381. The minimum Gasteiger partial charge on any atom is -0.383 e. The van der Waals surface area contributed by atoms with Crippen LogP contribution in [0.1, 0.15) is 31.7 Å². The molecule has 0 heterocycles. The predicted molar refractivity (Wildman–Crippen MR) is 81.8 cm³/mol. The van der Waals surface area contributed by atoms with Gasteiger partial charge < -0.3 is 15.4 Å². The summed E-state index contributed by atoms with van der Waals surface area (Å²) < 4.78 is 4.98. The second-order valence-electron chi connectivity index (χ2n) is 5.20. The Hall–Kier alpha value is -1.39. The van der Waals surface area contributed by atoms with Crippen molar-refractivity contribution in [3.8, 4) is 0 Å². The topological polar surface area (TPSA) is 50.4 Å². The van der Waals surface area contributed by atoms with Crippen LogP contribution in [0.15, 0.2) is 30.3 Å². The van der Waals surface area contributed by atoms with Gasteiger partial charge in [-0.3, -0.25) is 4.79 Å². The summed E-state index contributed by atoms with van der Waals surface area (Å²) in [7, 11) is 1.63. The summed E-state index contributed by atoms with van der Waals surface area (Å²) in [6.07, 6.45) is 1.02. The van der Waals surface area contributed by atoms with Crippen molar-refractivity contribution >= 4 is 5.91 Å². The van der Waals surface area contributed by atoms with Crippen molar-refractivity contribution in [2.24, 2.45) is 0 Å². The molecule has 4 heteroatoms. The molecule has 0 spiro atoms. The number of hydrogen-bond acceptors (Lipinski definition) is 3. The van der Waals surface area contributed by atoms with E-state index in [-0.39, 0.29) is 11.9 Å². The first-order chi connectivity index (χ1) is 9.63. The van der Waals surface area contributed by atoms with Gasteiger partial charge in [-0.15, -0.1) is 0 Å². The fourth-order valence-electron chi connectivity index (χ4n) is 2.09. The summed E-state index contributed by atoms with van der Waals surface area (Å²) in [4.78, 5) is 11.6. The molecule has 112 valence electrons. The Kier molecular flexibility index (Phi) is 7.92. The first-order valence-electron chi connectivity index (χ1n) is 7.17. The lowest BCUT2D eigenvalue weighted by molar-refractivity contribution is -0.121. The third-order valence-electron chi connectivity index (χ3n) is 3.23. The van der Waals surface area contributed by atoms with Crippen molar-refractivity contribution in [2.45, 2.75) is 32.2 Å². The zero-order valence-electron chi connectivity index (χ0n) is 12.7. The van der Waals surface area contributed by atoms with E-state index >= 15 is 0 Å². The largest absolute Gasteiger partial charge is 0.383 e. The first kappa shape index (κ1) is 16.7. The van der Waals surface area contributed by atoms with E-state index in [4.69, 9.17) is 4.74 Å². The summed E-state index contributed by atoms with van der Waals surface area (Å²) in [6, 6.07) is 10.5. The predicted octanol–water partition coefficient (Wildman–Crippen LogP) is 1.92. The lowest BCUT2D eigenvalue weighted by Gasteiger charge is -2.14. The summed E-state index contributed by atoms with van der Waals surface area (Å²) >= 11 is 0. The Labute approximate surface area is 121 Å². The fraction of sp³-hybridized carbons (Fsp3) is 0.562. The number of rotatable bonds is 9. The lowest BCUT2D eigenvalue weighted by atomic mass is 9.98. The summed E-state index contributed by atoms with van der Waals surface area (Å²) in [5.74, 6) is 0.515. The highest BCUT2D eigenvalue weighted by Crippen LogP contribution is 2.17. The van der Waals surface area contributed by atoms with Gasteiger partial charge in [0, 0.05) is 13.2 Å². The molecule has 4 nitrogen and oxygen atoms in total. The molecule has 0 aliphatic carbocycles. The number of ether oxygens (including phenoxy) is 1. The monoisotopic (exact) mass is 278 g/mol. The molecule has 1 aromatic carbocycles. The van der Waals surface area contributed by atoms with Gasteiger partial charge in [0.15, 0.2) is 0 Å². The van der Waals surface area contributed by atoms with E-state index in [1.807, 2.05) is 13.0 Å². The molecule has 0 aliphatic heterocycles. The molecule has 0 aliphatic rings. The number of methoxy groups -OCH3 is 1. The van der Waals surface area contributed by atoms with Crippen LogP contribution in [0.3, 0.4) is 0 Å². The molecule has 1 amide bonds. The number of nitrogens with one attached hydrogen (secondary N) is 2. The van der Waals surface area contributed by atoms with Gasteiger partial charge in [0.2, 0.25) is 5.91 Å². The molecule has 2 N–H and O–H groups in total. The molecule has 2 atom stereocenters. The molecule has 1 aromatic rings. The van der Waals surface area contributed by atoms with Gasteiger partial charge in [-0.05, 0) is 31.4 Å². The number of carbonyl (C=O) groups excluding carboxylic acids is 1. The first-order valence-corrected chi connectivity index (χ1v) is 7.17. The van der Waals surface area contributed by atoms with Crippen LogP contribution in [0.4, 0.5) is 0 Å². The molecule has 0 radical (unpaired) electrons. The van der Waals surface area contributed by atoms with Crippen LogP contribution in [0, 0.1) is 0 Å².